The van der Waals surface area contributed by atoms with Crippen LogP contribution in [0, 0.1) is 6.92 Å². The molecule has 0 radical (unpaired) electrons. The molecule has 3 rings (SSSR count). The number of aryl methyl sites for hydroxylation is 2. The molecule has 152 valence electrons. The number of nitrogens with one attached hydrogen (secondary N) is 1. The highest BCUT2D eigenvalue weighted by atomic mass is 32.2. The molecule has 0 aliphatic heterocycles. The number of nitrogens with zero attached hydrogens (tertiary/aromatic N) is 1. The summed E-state index contributed by atoms with van der Waals surface area (Å²) in [5.41, 5.74) is 2.72. The Morgan fingerprint density at radius 2 is 1.83 bits per heavy atom. The number of esters is 1. The van der Waals surface area contributed by atoms with E-state index in [-0.39, 0.29) is 11.5 Å². The van der Waals surface area contributed by atoms with Crippen molar-refractivity contribution in [2.45, 2.75) is 32.1 Å². The Labute approximate surface area is 169 Å². The molecule has 1 heterocycles. The molecule has 8 heteroatoms. The number of anilines is 1. The Kier molecular flexibility index (Phi) is 6.03. The van der Waals surface area contributed by atoms with Crippen molar-refractivity contribution in [3.8, 4) is 11.3 Å². The quantitative estimate of drug-likeness (QED) is 0.582. The molecule has 0 bridgehead atoms. The average molecular weight is 414 g/mol. The lowest BCUT2D eigenvalue weighted by Crippen LogP contribution is -2.15. The maximum atomic E-state index is 13.0. The summed E-state index contributed by atoms with van der Waals surface area (Å²) in [6.45, 7) is 5.68. The molecule has 1 aromatic heterocycles. The highest BCUT2D eigenvalue weighted by Gasteiger charge is 2.20. The zero-order chi connectivity index (χ0) is 21.0. The second-order valence-electron chi connectivity index (χ2n) is 6.41. The van der Waals surface area contributed by atoms with Gasteiger partial charge in [-0.3, -0.25) is 4.72 Å². The van der Waals surface area contributed by atoms with Gasteiger partial charge in [-0.15, -0.1) is 0 Å². The predicted octanol–water partition coefficient (Wildman–Crippen LogP) is 4.19. The van der Waals surface area contributed by atoms with E-state index in [0.717, 1.165) is 0 Å². The van der Waals surface area contributed by atoms with E-state index in [1.165, 1.54) is 24.3 Å². The van der Waals surface area contributed by atoms with E-state index in [4.69, 9.17) is 9.26 Å². The molecule has 0 spiro atoms. The van der Waals surface area contributed by atoms with Crippen molar-refractivity contribution in [2.75, 3.05) is 11.3 Å². The lowest BCUT2D eigenvalue weighted by Gasteiger charge is -2.13. The van der Waals surface area contributed by atoms with Crippen LogP contribution in [0.1, 0.15) is 35.5 Å². The largest absolute Gasteiger partial charge is 0.462 e. The summed E-state index contributed by atoms with van der Waals surface area (Å²) in [5, 5.41) is 3.85. The Hall–Kier alpha value is -3.13. The highest BCUT2D eigenvalue weighted by molar-refractivity contribution is 7.92. The van der Waals surface area contributed by atoms with Gasteiger partial charge in [0.2, 0.25) is 0 Å². The Morgan fingerprint density at radius 1 is 1.10 bits per heavy atom. The van der Waals surface area contributed by atoms with Crippen molar-refractivity contribution in [3.63, 3.8) is 0 Å². The molecule has 0 saturated heterocycles. The molecule has 3 aromatic rings. The fourth-order valence-electron chi connectivity index (χ4n) is 2.85. The first-order valence-corrected chi connectivity index (χ1v) is 10.7. The average Bonchev–Trinajstić information content (AvgIpc) is 3.14. The number of sulfonamides is 1. The minimum Gasteiger partial charge on any atom is -0.462 e. The molecule has 29 heavy (non-hydrogen) atoms. The minimum absolute atomic E-state index is 0.168. The summed E-state index contributed by atoms with van der Waals surface area (Å²) in [5.74, 6) is 0.0469. The number of hydrogen-bond acceptors (Lipinski definition) is 6. The summed E-state index contributed by atoms with van der Waals surface area (Å²) in [4.78, 5) is 11.9. The molecular weight excluding hydrogens is 392 g/mol. The normalized spacial score (nSPS) is 11.3. The molecule has 0 atom stereocenters. The van der Waals surface area contributed by atoms with Gasteiger partial charge in [-0.2, -0.15) is 0 Å². The fourth-order valence-corrected chi connectivity index (χ4v) is 4.24. The molecule has 7 nitrogen and oxygen atoms in total. The van der Waals surface area contributed by atoms with Crippen molar-refractivity contribution in [2.24, 2.45) is 0 Å². The van der Waals surface area contributed by atoms with Crippen LogP contribution in [0.5, 0.6) is 0 Å². The first-order valence-electron chi connectivity index (χ1n) is 9.20. The maximum Gasteiger partial charge on any atom is 0.338 e. The third-order valence-corrected chi connectivity index (χ3v) is 5.76. The van der Waals surface area contributed by atoms with Crippen LogP contribution in [0.2, 0.25) is 0 Å². The summed E-state index contributed by atoms with van der Waals surface area (Å²) in [6, 6.07) is 13.0. The number of carbonyl (C=O) groups excluding carboxylic acids is 1. The fraction of sp³-hybridized carbons (Fsp3) is 0.238. The van der Waals surface area contributed by atoms with Crippen molar-refractivity contribution in [1.29, 1.82) is 0 Å². The summed E-state index contributed by atoms with van der Waals surface area (Å²) in [7, 11) is -3.85. The summed E-state index contributed by atoms with van der Waals surface area (Å²) < 4.78 is 38.8. The SMILES string of the molecule is CCOC(=O)c1ccc(NS(=O)(=O)c2cc(-c3cc(C)no3)ccc2CC)cc1. The molecular formula is C21H22N2O5S. The molecule has 0 fully saturated rings. The number of carbonyl (C=O) groups is 1. The van der Waals surface area contributed by atoms with Crippen molar-refractivity contribution in [1.82, 2.24) is 5.16 Å². The molecule has 0 aliphatic carbocycles. The van der Waals surface area contributed by atoms with Gasteiger partial charge >= 0.3 is 5.97 Å². The van der Waals surface area contributed by atoms with Gasteiger partial charge in [0.15, 0.2) is 5.76 Å². The van der Waals surface area contributed by atoms with Crippen molar-refractivity contribution < 1.29 is 22.5 Å². The zero-order valence-corrected chi connectivity index (χ0v) is 17.2. The number of ether oxygens (including phenoxy) is 1. The second-order valence-corrected chi connectivity index (χ2v) is 8.06. The van der Waals surface area contributed by atoms with Crippen LogP contribution < -0.4 is 4.72 Å². The molecule has 0 saturated carbocycles. The van der Waals surface area contributed by atoms with E-state index in [0.29, 0.717) is 40.3 Å². The maximum absolute atomic E-state index is 13.0. The smallest absolute Gasteiger partial charge is 0.338 e. The number of rotatable bonds is 7. The van der Waals surface area contributed by atoms with Gasteiger partial charge < -0.3 is 9.26 Å². The molecule has 0 unspecified atom stereocenters. The van der Waals surface area contributed by atoms with Gasteiger partial charge in [-0.25, -0.2) is 13.2 Å². The van der Waals surface area contributed by atoms with E-state index >= 15 is 0 Å². The van der Waals surface area contributed by atoms with Gasteiger partial charge in [0, 0.05) is 17.3 Å². The lowest BCUT2D eigenvalue weighted by molar-refractivity contribution is 0.0526. The standard InChI is InChI=1S/C21H22N2O5S/c1-4-15-6-7-17(19-12-14(3)22-28-19)13-20(15)29(25,26)23-18-10-8-16(9-11-18)21(24)27-5-2/h6-13,23H,4-5H2,1-3H3. The van der Waals surface area contributed by atoms with E-state index in [1.54, 1.807) is 32.0 Å². The van der Waals surface area contributed by atoms with Crippen LogP contribution in [0.25, 0.3) is 11.3 Å². The third kappa shape index (κ3) is 4.65. The van der Waals surface area contributed by atoms with Gasteiger partial charge in [-0.1, -0.05) is 24.2 Å². The van der Waals surface area contributed by atoms with E-state index in [1.807, 2.05) is 13.0 Å². The minimum atomic E-state index is -3.85. The van der Waals surface area contributed by atoms with Crippen LogP contribution in [-0.2, 0) is 21.2 Å². The molecule has 1 N–H and O–H groups in total. The molecule has 2 aromatic carbocycles. The van der Waals surface area contributed by atoms with Crippen LogP contribution >= 0.6 is 0 Å². The molecule has 0 aliphatic rings. The van der Waals surface area contributed by atoms with Crippen LogP contribution in [0.3, 0.4) is 0 Å². The van der Waals surface area contributed by atoms with E-state index in [2.05, 4.69) is 9.88 Å². The first-order chi connectivity index (χ1) is 13.8. The summed E-state index contributed by atoms with van der Waals surface area (Å²) >= 11 is 0. The Bertz CT molecular complexity index is 1120. The van der Waals surface area contributed by atoms with Gasteiger partial charge in [-0.05, 0) is 56.2 Å². The number of benzene rings is 2. The van der Waals surface area contributed by atoms with Crippen LogP contribution in [-0.4, -0.2) is 26.2 Å². The first kappa shape index (κ1) is 20.6. The van der Waals surface area contributed by atoms with Gasteiger partial charge in [0.1, 0.15) is 0 Å². The van der Waals surface area contributed by atoms with Gasteiger partial charge in [0.05, 0.1) is 22.8 Å². The van der Waals surface area contributed by atoms with E-state index < -0.39 is 16.0 Å². The summed E-state index contributed by atoms with van der Waals surface area (Å²) in [6.07, 6.45) is 0.549. The number of hydrogen-bond donors (Lipinski definition) is 1. The Balaban J connectivity index is 1.91. The van der Waals surface area contributed by atoms with Crippen LogP contribution in [0.4, 0.5) is 5.69 Å². The zero-order valence-electron chi connectivity index (χ0n) is 16.4. The van der Waals surface area contributed by atoms with Crippen molar-refractivity contribution >= 4 is 21.7 Å². The second kappa shape index (κ2) is 8.48. The third-order valence-electron chi connectivity index (χ3n) is 4.30. The van der Waals surface area contributed by atoms with Crippen molar-refractivity contribution in [3.05, 3.63) is 65.4 Å². The van der Waals surface area contributed by atoms with Gasteiger partial charge in [0.25, 0.3) is 10.0 Å². The Morgan fingerprint density at radius 3 is 2.41 bits per heavy atom. The van der Waals surface area contributed by atoms with E-state index in [9.17, 15) is 13.2 Å². The predicted molar refractivity (Wildman–Crippen MR) is 109 cm³/mol. The molecule has 0 amide bonds. The van der Waals surface area contributed by atoms with Crippen LogP contribution in [0.15, 0.2) is 57.9 Å². The number of aromatic nitrogens is 1. The lowest BCUT2D eigenvalue weighted by atomic mass is 10.1. The monoisotopic (exact) mass is 414 g/mol. The highest BCUT2D eigenvalue weighted by Crippen LogP contribution is 2.28. The topological polar surface area (TPSA) is 98.5 Å².